The fourth-order valence-electron chi connectivity index (χ4n) is 0.892. The van der Waals surface area contributed by atoms with Crippen molar-refractivity contribution in [3.63, 3.8) is 0 Å². The molecule has 13 heavy (non-hydrogen) atoms. The minimum atomic E-state index is 0. The molecule has 0 aliphatic carbocycles. The fourth-order valence-corrected chi connectivity index (χ4v) is 0.892. The Balaban J connectivity index is 0.00000144. The summed E-state index contributed by atoms with van der Waals surface area (Å²) in [5.41, 5.74) is 1.97. The van der Waals surface area contributed by atoms with E-state index in [0.717, 1.165) is 5.56 Å². The van der Waals surface area contributed by atoms with Gasteiger partial charge in [-0.1, -0.05) is 29.8 Å². The van der Waals surface area contributed by atoms with E-state index in [0.29, 0.717) is 11.8 Å². The van der Waals surface area contributed by atoms with E-state index in [1.165, 1.54) is 0 Å². The second kappa shape index (κ2) is 5.82. The van der Waals surface area contributed by atoms with E-state index in [1.54, 1.807) is 12.1 Å². The van der Waals surface area contributed by atoms with Crippen LogP contribution in [0.4, 0.5) is 0 Å². The van der Waals surface area contributed by atoms with E-state index < -0.39 is 0 Å². The van der Waals surface area contributed by atoms with Crippen LogP contribution in [0.5, 0.6) is 0 Å². The zero-order chi connectivity index (χ0) is 8.97. The molecule has 0 aliphatic heterocycles. The Kier molecular flexibility index (Phi) is 5.48. The Labute approximate surface area is 99.8 Å². The number of nitrogens with zero attached hydrogens (tertiary/aromatic N) is 1. The van der Waals surface area contributed by atoms with Crippen molar-refractivity contribution >= 4 is 5.57 Å². The molecule has 0 spiro atoms. The van der Waals surface area contributed by atoms with Crippen LogP contribution in [-0.2, 0) is 0 Å². The van der Waals surface area contributed by atoms with Crippen molar-refractivity contribution < 1.29 is 34.7 Å². The van der Waals surface area contributed by atoms with Crippen LogP contribution in [0.15, 0.2) is 30.5 Å². The fraction of sp³-hybridized carbons (Fsp3) is 0.100. The van der Waals surface area contributed by atoms with Gasteiger partial charge in [0.2, 0.25) is 0 Å². The second-order valence-corrected chi connectivity index (χ2v) is 2.51. The molecule has 0 unspecified atom stereocenters. The summed E-state index contributed by atoms with van der Waals surface area (Å²) < 4.78 is 0. The molecule has 0 atom stereocenters. The van der Waals surface area contributed by atoms with Crippen LogP contribution in [0, 0.1) is 18.3 Å². The maximum Gasteiger partial charge on any atom is 1.00 e. The number of allylic oxidation sites excluding steroid dienone is 1. The smallest absolute Gasteiger partial charge is 0.877 e. The van der Waals surface area contributed by atoms with Gasteiger partial charge in [0.05, 0.1) is 6.07 Å². The van der Waals surface area contributed by atoms with Gasteiger partial charge < -0.3 is 5.11 Å². The molecule has 2 nitrogen and oxygen atoms in total. The first kappa shape index (κ1) is 12.2. The Bertz CT molecular complexity index is 335. The van der Waals surface area contributed by atoms with Gasteiger partial charge in [-0.3, -0.25) is 0 Å². The van der Waals surface area contributed by atoms with Crippen molar-refractivity contribution in [1.82, 2.24) is 0 Å². The van der Waals surface area contributed by atoms with Gasteiger partial charge in [-0.05, 0) is 12.5 Å². The Morgan fingerprint density at radius 1 is 1.38 bits per heavy atom. The molecule has 0 aromatic heterocycles. The third kappa shape index (κ3) is 3.23. The summed E-state index contributed by atoms with van der Waals surface area (Å²) in [6, 6.07) is 9.11. The first-order valence-corrected chi connectivity index (χ1v) is 3.57. The third-order valence-corrected chi connectivity index (χ3v) is 1.60. The molecular formula is C10H8NNaO. The molecule has 0 N–H and O–H groups in total. The van der Waals surface area contributed by atoms with Crippen LogP contribution >= 0.6 is 0 Å². The molecule has 0 saturated carbocycles. The van der Waals surface area contributed by atoms with Crippen molar-refractivity contribution in [3.05, 3.63) is 41.7 Å². The average molecular weight is 181 g/mol. The molecule has 0 bridgehead atoms. The summed E-state index contributed by atoms with van der Waals surface area (Å²) in [7, 11) is 0. The number of hydrogen-bond donors (Lipinski definition) is 0. The predicted molar refractivity (Wildman–Crippen MR) is 44.8 cm³/mol. The zero-order valence-electron chi connectivity index (χ0n) is 7.74. The van der Waals surface area contributed by atoms with Crippen LogP contribution in [0.2, 0.25) is 0 Å². The molecule has 0 saturated heterocycles. The van der Waals surface area contributed by atoms with Crippen LogP contribution in [-0.4, -0.2) is 0 Å². The maximum absolute atomic E-state index is 10.4. The Morgan fingerprint density at radius 2 is 1.92 bits per heavy atom. The average Bonchev–Trinajstić information content (AvgIpc) is 2.10. The van der Waals surface area contributed by atoms with Gasteiger partial charge >= 0.3 is 29.6 Å². The first-order valence-electron chi connectivity index (χ1n) is 3.57. The minimum Gasteiger partial charge on any atom is -0.877 e. The van der Waals surface area contributed by atoms with Crippen LogP contribution < -0.4 is 34.7 Å². The van der Waals surface area contributed by atoms with Gasteiger partial charge in [0.25, 0.3) is 0 Å². The van der Waals surface area contributed by atoms with Gasteiger partial charge in [0.1, 0.15) is 0 Å². The molecular weight excluding hydrogens is 173 g/mol. The summed E-state index contributed by atoms with van der Waals surface area (Å²) in [6.45, 7) is 1.96. The van der Waals surface area contributed by atoms with E-state index in [-0.39, 0.29) is 35.1 Å². The van der Waals surface area contributed by atoms with Gasteiger partial charge in [-0.25, -0.2) is 0 Å². The van der Waals surface area contributed by atoms with Crippen LogP contribution in [0.3, 0.4) is 0 Å². The number of hydrogen-bond acceptors (Lipinski definition) is 2. The molecule has 3 heteroatoms. The summed E-state index contributed by atoms with van der Waals surface area (Å²) >= 11 is 0. The molecule has 1 aromatic carbocycles. The van der Waals surface area contributed by atoms with Crippen molar-refractivity contribution in [2.75, 3.05) is 0 Å². The van der Waals surface area contributed by atoms with E-state index in [2.05, 4.69) is 0 Å². The maximum atomic E-state index is 10.4. The Hall–Kier alpha value is -0.750. The van der Waals surface area contributed by atoms with E-state index >= 15 is 0 Å². The summed E-state index contributed by atoms with van der Waals surface area (Å²) in [5.74, 6) is 0. The van der Waals surface area contributed by atoms with Crippen molar-refractivity contribution in [2.24, 2.45) is 0 Å². The number of nitriles is 1. The molecule has 0 heterocycles. The number of aryl methyl sites for hydroxylation is 1. The zero-order valence-corrected chi connectivity index (χ0v) is 9.74. The number of benzene rings is 1. The monoisotopic (exact) mass is 181 g/mol. The summed E-state index contributed by atoms with van der Waals surface area (Å²) in [6.07, 6.45) is 0.574. The normalized spacial score (nSPS) is 10.0. The van der Waals surface area contributed by atoms with Crippen molar-refractivity contribution in [1.29, 1.82) is 5.26 Å². The van der Waals surface area contributed by atoms with Gasteiger partial charge in [0.15, 0.2) is 0 Å². The van der Waals surface area contributed by atoms with Crippen molar-refractivity contribution in [2.45, 2.75) is 6.92 Å². The molecule has 0 fully saturated rings. The van der Waals surface area contributed by atoms with Gasteiger partial charge in [0, 0.05) is 5.57 Å². The van der Waals surface area contributed by atoms with Crippen LogP contribution in [0.25, 0.3) is 5.57 Å². The molecule has 0 aliphatic rings. The predicted octanol–water partition coefficient (Wildman–Crippen LogP) is -1.78. The molecule has 60 valence electrons. The van der Waals surface area contributed by atoms with E-state index in [4.69, 9.17) is 5.26 Å². The third-order valence-electron chi connectivity index (χ3n) is 1.60. The molecule has 0 amide bonds. The van der Waals surface area contributed by atoms with Crippen molar-refractivity contribution in [3.8, 4) is 6.07 Å². The summed E-state index contributed by atoms with van der Waals surface area (Å²) in [5, 5.41) is 18.9. The van der Waals surface area contributed by atoms with Gasteiger partial charge in [-0.15, -0.1) is 6.26 Å². The van der Waals surface area contributed by atoms with Gasteiger partial charge in [-0.2, -0.15) is 5.26 Å². The molecule has 0 radical (unpaired) electrons. The molecule has 1 rings (SSSR count). The molecule has 1 aromatic rings. The standard InChI is InChI=1S/C10H9NO.Na/c1-8-2-4-9(5-3-8)10(6-11)7-12;/h2-5,7,12H,1H3;/q;+1/p-1/b10-7+;. The van der Waals surface area contributed by atoms with E-state index in [9.17, 15) is 5.11 Å². The first-order chi connectivity index (χ1) is 5.77. The van der Waals surface area contributed by atoms with Crippen LogP contribution in [0.1, 0.15) is 11.1 Å². The summed E-state index contributed by atoms with van der Waals surface area (Å²) in [4.78, 5) is 0. The minimum absolute atomic E-state index is 0. The topological polar surface area (TPSA) is 46.8 Å². The quantitative estimate of drug-likeness (QED) is 0.292. The second-order valence-electron chi connectivity index (χ2n) is 2.51. The SMILES string of the molecule is Cc1ccc(/C(C#N)=C/[O-])cc1.[Na+]. The van der Waals surface area contributed by atoms with E-state index in [1.807, 2.05) is 25.1 Å². The largest absolute Gasteiger partial charge is 1.00 e. The Morgan fingerprint density at radius 3 is 2.31 bits per heavy atom. The number of rotatable bonds is 1.